The van der Waals surface area contributed by atoms with Gasteiger partial charge in [0.2, 0.25) is 0 Å². The van der Waals surface area contributed by atoms with Crippen LogP contribution in [0.4, 0.5) is 5.69 Å². The minimum absolute atomic E-state index is 0.558. The Balaban J connectivity index is 0.000000281. The molecule has 0 atom stereocenters. The Kier molecular flexibility index (Phi) is 7.10. The number of carbonyl (C=O) groups is 2. The largest absolute Gasteiger partial charge is 0.478 e. The fraction of sp³-hybridized carbons (Fsp3) is 0.375. The van der Waals surface area contributed by atoms with Crippen molar-refractivity contribution in [3.63, 3.8) is 0 Å². The first-order valence-corrected chi connectivity index (χ1v) is 11.8. The fourth-order valence-electron chi connectivity index (χ4n) is 4.13. The van der Waals surface area contributed by atoms with E-state index < -0.39 is 11.9 Å². The van der Waals surface area contributed by atoms with E-state index in [0.29, 0.717) is 12.2 Å². The maximum Gasteiger partial charge on any atom is 0.328 e. The number of carboxylic acid groups (broad SMARTS) is 2. The van der Waals surface area contributed by atoms with Gasteiger partial charge in [0.15, 0.2) is 10.8 Å². The number of aryl methyl sites for hydroxylation is 1. The summed E-state index contributed by atoms with van der Waals surface area (Å²) in [6, 6.07) is 8.17. The molecule has 1 aromatic heterocycles. The topological polar surface area (TPSA) is 103 Å². The van der Waals surface area contributed by atoms with Crippen LogP contribution in [-0.2, 0) is 22.4 Å². The summed E-state index contributed by atoms with van der Waals surface area (Å²) >= 11 is 1.84. The van der Waals surface area contributed by atoms with E-state index in [-0.39, 0.29) is 0 Å². The maximum atomic E-state index is 9.55. The molecule has 0 spiro atoms. The van der Waals surface area contributed by atoms with Gasteiger partial charge in [0, 0.05) is 43.2 Å². The number of fused-ring (bicyclic) bond motifs is 4. The van der Waals surface area contributed by atoms with Crippen LogP contribution in [0, 0.1) is 0 Å². The van der Waals surface area contributed by atoms with Crippen LogP contribution in [-0.4, -0.2) is 71.0 Å². The molecule has 0 amide bonds. The molecule has 1 fully saturated rings. The second-order valence-electron chi connectivity index (χ2n) is 8.18. The van der Waals surface area contributed by atoms with Crippen LogP contribution in [0.5, 0.6) is 10.8 Å². The lowest BCUT2D eigenvalue weighted by molar-refractivity contribution is -0.134. The molecule has 0 bridgehead atoms. The molecule has 33 heavy (non-hydrogen) atoms. The highest BCUT2D eigenvalue weighted by molar-refractivity contribution is 7.14. The lowest BCUT2D eigenvalue weighted by Crippen LogP contribution is -2.47. The van der Waals surface area contributed by atoms with E-state index >= 15 is 0 Å². The summed E-state index contributed by atoms with van der Waals surface area (Å²) in [7, 11) is 2.20. The second kappa shape index (κ2) is 10.2. The summed E-state index contributed by atoms with van der Waals surface area (Å²) in [6.07, 6.45) is 6.04. The molecule has 5 rings (SSSR count). The normalized spacial score (nSPS) is 17.5. The highest BCUT2D eigenvalue weighted by Crippen LogP contribution is 2.46. The molecule has 2 aromatic rings. The Morgan fingerprint density at radius 2 is 1.70 bits per heavy atom. The Morgan fingerprint density at radius 3 is 2.39 bits per heavy atom. The van der Waals surface area contributed by atoms with E-state index in [4.69, 9.17) is 19.9 Å². The summed E-state index contributed by atoms with van der Waals surface area (Å²) in [4.78, 5) is 30.6. The van der Waals surface area contributed by atoms with E-state index in [1.165, 1.54) is 35.3 Å². The van der Waals surface area contributed by atoms with Gasteiger partial charge >= 0.3 is 11.9 Å². The van der Waals surface area contributed by atoms with E-state index in [1.54, 1.807) is 0 Å². The molecule has 1 aliphatic carbocycles. The number of hydrogen-bond acceptors (Lipinski definition) is 7. The van der Waals surface area contributed by atoms with Crippen LogP contribution in [0.3, 0.4) is 0 Å². The van der Waals surface area contributed by atoms with Gasteiger partial charge < -0.3 is 24.7 Å². The van der Waals surface area contributed by atoms with Crippen molar-refractivity contribution in [3.05, 3.63) is 52.4 Å². The van der Waals surface area contributed by atoms with Crippen molar-refractivity contribution in [2.24, 2.45) is 4.99 Å². The zero-order valence-corrected chi connectivity index (χ0v) is 19.3. The summed E-state index contributed by atoms with van der Waals surface area (Å²) < 4.78 is 6.36. The summed E-state index contributed by atoms with van der Waals surface area (Å²) in [5.74, 6) is -0.501. The Morgan fingerprint density at radius 1 is 1.03 bits per heavy atom. The van der Waals surface area contributed by atoms with E-state index in [1.807, 2.05) is 29.5 Å². The Hall–Kier alpha value is -3.17. The number of aliphatic carboxylic acids is 2. The van der Waals surface area contributed by atoms with Gasteiger partial charge in [0.05, 0.1) is 5.56 Å². The van der Waals surface area contributed by atoms with Gasteiger partial charge in [-0.25, -0.2) is 14.6 Å². The fourth-order valence-corrected chi connectivity index (χ4v) is 5.38. The standard InChI is InChI=1S/C20H23N3OS.C4H4O4/c1-22-10-12-23(13-11-22)19-18-14-6-2-5-9-17(14)25-20(18)24-16-8-4-3-7-15(16)21-19;5-3(6)1-2-4(7)8/h3-4,7-8H,2,5-6,9-13H2,1H3;1-2H,(H,5,6)(H,7,8)/b;2-1+. The first-order chi connectivity index (χ1) is 15.9. The number of likely N-dealkylation sites (N-methyl/N-ethyl adjacent to an activating group) is 1. The molecule has 9 heteroatoms. The minimum Gasteiger partial charge on any atom is -0.478 e. The van der Waals surface area contributed by atoms with Crippen molar-refractivity contribution in [2.75, 3.05) is 33.2 Å². The van der Waals surface area contributed by atoms with Crippen molar-refractivity contribution in [3.8, 4) is 10.8 Å². The average molecular weight is 470 g/mol. The molecule has 1 aromatic carbocycles. The smallest absolute Gasteiger partial charge is 0.328 e. The van der Waals surface area contributed by atoms with Gasteiger partial charge in [0.1, 0.15) is 11.5 Å². The van der Waals surface area contributed by atoms with Gasteiger partial charge in [-0.2, -0.15) is 0 Å². The van der Waals surface area contributed by atoms with Crippen LogP contribution in [0.1, 0.15) is 28.8 Å². The number of piperazine rings is 1. The first-order valence-electron chi connectivity index (χ1n) is 11.0. The Labute approximate surface area is 196 Å². The molecule has 3 aliphatic rings. The molecule has 0 unspecified atom stereocenters. The number of ether oxygens (including phenoxy) is 1. The zero-order valence-electron chi connectivity index (χ0n) is 18.5. The molecule has 2 N–H and O–H groups in total. The van der Waals surface area contributed by atoms with Gasteiger partial charge in [0.25, 0.3) is 0 Å². The third kappa shape index (κ3) is 5.43. The van der Waals surface area contributed by atoms with Crippen molar-refractivity contribution < 1.29 is 24.5 Å². The van der Waals surface area contributed by atoms with Crippen molar-refractivity contribution in [1.82, 2.24) is 9.80 Å². The van der Waals surface area contributed by atoms with Crippen LogP contribution < -0.4 is 4.74 Å². The Bertz CT molecular complexity index is 1080. The molecular weight excluding hydrogens is 442 g/mol. The summed E-state index contributed by atoms with van der Waals surface area (Å²) in [5, 5.41) is 16.7. The molecule has 174 valence electrons. The van der Waals surface area contributed by atoms with Gasteiger partial charge in [-0.15, -0.1) is 11.3 Å². The number of rotatable bonds is 2. The number of benzene rings is 1. The molecule has 1 saturated heterocycles. The number of amidine groups is 1. The number of carboxylic acids is 2. The lowest BCUT2D eigenvalue weighted by Gasteiger charge is -2.34. The quantitative estimate of drug-likeness (QED) is 0.646. The predicted molar refractivity (Wildman–Crippen MR) is 127 cm³/mol. The summed E-state index contributed by atoms with van der Waals surface area (Å²) in [5.41, 5.74) is 3.72. The summed E-state index contributed by atoms with van der Waals surface area (Å²) in [6.45, 7) is 4.23. The average Bonchev–Trinajstić information content (AvgIpc) is 3.07. The van der Waals surface area contributed by atoms with Gasteiger partial charge in [-0.05, 0) is 50.4 Å². The predicted octanol–water partition coefficient (Wildman–Crippen LogP) is 3.77. The first kappa shape index (κ1) is 23.0. The SMILES string of the molecule is CN1CCN(C2=Nc3ccccc3Oc3sc4c(c32)CCCC4)CC1.O=C(O)/C=C/C(=O)O. The molecule has 0 radical (unpaired) electrons. The highest BCUT2D eigenvalue weighted by atomic mass is 32.1. The maximum absolute atomic E-state index is 9.55. The number of thiophene rings is 1. The number of nitrogens with zero attached hydrogens (tertiary/aromatic N) is 3. The number of aliphatic imine (C=N–C) groups is 1. The van der Waals surface area contributed by atoms with Crippen LogP contribution in [0.25, 0.3) is 0 Å². The van der Waals surface area contributed by atoms with Crippen molar-refractivity contribution >= 4 is 34.8 Å². The third-order valence-electron chi connectivity index (χ3n) is 5.83. The van der Waals surface area contributed by atoms with E-state index in [0.717, 1.165) is 54.9 Å². The van der Waals surface area contributed by atoms with Crippen LogP contribution in [0.15, 0.2) is 41.4 Å². The van der Waals surface area contributed by atoms with Gasteiger partial charge in [-0.3, -0.25) is 0 Å². The van der Waals surface area contributed by atoms with Crippen LogP contribution in [0.2, 0.25) is 0 Å². The van der Waals surface area contributed by atoms with Crippen molar-refractivity contribution in [1.29, 1.82) is 0 Å². The molecule has 8 nitrogen and oxygen atoms in total. The monoisotopic (exact) mass is 469 g/mol. The number of hydrogen-bond donors (Lipinski definition) is 2. The number of para-hydroxylation sites is 2. The molecule has 3 heterocycles. The van der Waals surface area contributed by atoms with Crippen LogP contribution >= 0.6 is 11.3 Å². The van der Waals surface area contributed by atoms with Gasteiger partial charge in [-0.1, -0.05) is 12.1 Å². The third-order valence-corrected chi connectivity index (χ3v) is 7.00. The lowest BCUT2D eigenvalue weighted by atomic mass is 9.95. The molecule has 0 saturated carbocycles. The molecule has 2 aliphatic heterocycles. The second-order valence-corrected chi connectivity index (χ2v) is 9.25. The molecular formula is C24H27N3O5S. The van der Waals surface area contributed by atoms with E-state index in [9.17, 15) is 9.59 Å². The van der Waals surface area contributed by atoms with Crippen molar-refractivity contribution in [2.45, 2.75) is 25.7 Å². The van der Waals surface area contributed by atoms with E-state index in [2.05, 4.69) is 22.9 Å². The highest BCUT2D eigenvalue weighted by Gasteiger charge is 2.31. The zero-order chi connectivity index (χ0) is 23.4. The minimum atomic E-state index is -1.26.